The molecule has 0 atom stereocenters. The molecule has 1 aromatic carbocycles. The highest BCUT2D eigenvalue weighted by Gasteiger charge is 2.12. The molecule has 82 valence electrons. The number of hydrogen-bond donors (Lipinski definition) is 4. The van der Waals surface area contributed by atoms with Crippen LogP contribution in [0.3, 0.4) is 0 Å². The van der Waals surface area contributed by atoms with Gasteiger partial charge in [0.25, 0.3) is 0 Å². The second kappa shape index (κ2) is 5.04. The molecular weight excluding hydrogens is 212 g/mol. The van der Waals surface area contributed by atoms with Crippen molar-refractivity contribution in [2.45, 2.75) is 13.5 Å². The molecule has 0 aliphatic heterocycles. The summed E-state index contributed by atoms with van der Waals surface area (Å²) in [6.45, 7) is 1.80. The predicted molar refractivity (Wildman–Crippen MR) is 63.7 cm³/mol. The van der Waals surface area contributed by atoms with Crippen LogP contribution in [0, 0.1) is 6.92 Å². The van der Waals surface area contributed by atoms with Crippen LogP contribution in [0.25, 0.3) is 0 Å². The van der Waals surface area contributed by atoms with Gasteiger partial charge in [-0.25, -0.2) is 11.7 Å². The quantitative estimate of drug-likeness (QED) is 0.320. The van der Waals surface area contributed by atoms with E-state index in [-0.39, 0.29) is 11.7 Å². The van der Waals surface area contributed by atoms with Crippen LogP contribution in [-0.4, -0.2) is 10.2 Å². The van der Waals surface area contributed by atoms with E-state index in [1.54, 1.807) is 6.07 Å². The zero-order valence-corrected chi connectivity index (χ0v) is 9.21. The molecule has 0 fully saturated rings. The second-order valence-electron chi connectivity index (χ2n) is 3.05. The number of anilines is 1. The number of rotatable bonds is 2. The number of aryl methyl sites for hydroxylation is 1. The number of hydrazine groups is 2. The van der Waals surface area contributed by atoms with Gasteiger partial charge in [0, 0.05) is 5.56 Å². The molecule has 0 bridgehead atoms. The first-order chi connectivity index (χ1) is 7.11. The van der Waals surface area contributed by atoms with Crippen molar-refractivity contribution in [2.75, 3.05) is 5.01 Å². The molecular formula is C9H14N4OS. The van der Waals surface area contributed by atoms with Gasteiger partial charge in [-0.3, -0.25) is 10.4 Å². The Bertz CT molecular complexity index is 369. The second-order valence-corrected chi connectivity index (χ2v) is 3.44. The molecule has 0 spiro atoms. The van der Waals surface area contributed by atoms with Crippen molar-refractivity contribution in [1.29, 1.82) is 0 Å². The maximum Gasteiger partial charge on any atom is 0.202 e. The zero-order chi connectivity index (χ0) is 11.4. The molecule has 0 saturated heterocycles. The van der Waals surface area contributed by atoms with Gasteiger partial charge in [0.1, 0.15) is 0 Å². The standard InChI is InChI=1S/C9H14N4OS/c1-6-3-2-4-8(7(6)5-14)13(11)9(15)12-10/h2-4,14H,5,10-11H2,1H3,(H,12,15). The minimum atomic E-state index is -0.0944. The molecule has 1 aromatic rings. The van der Waals surface area contributed by atoms with Gasteiger partial charge in [0.2, 0.25) is 5.11 Å². The molecule has 0 aromatic heterocycles. The predicted octanol–water partition coefficient (Wildman–Crippen LogP) is -0.0844. The summed E-state index contributed by atoms with van der Waals surface area (Å²) in [5, 5.41) is 10.6. The molecule has 0 radical (unpaired) electrons. The van der Waals surface area contributed by atoms with Crippen LogP contribution in [0.15, 0.2) is 18.2 Å². The summed E-state index contributed by atoms with van der Waals surface area (Å²) in [5.74, 6) is 10.9. The van der Waals surface area contributed by atoms with E-state index in [4.69, 9.17) is 23.9 Å². The topological polar surface area (TPSA) is 87.5 Å². The highest BCUT2D eigenvalue weighted by molar-refractivity contribution is 7.80. The van der Waals surface area contributed by atoms with E-state index < -0.39 is 0 Å². The van der Waals surface area contributed by atoms with Crippen LogP contribution in [0.1, 0.15) is 11.1 Å². The van der Waals surface area contributed by atoms with E-state index in [2.05, 4.69) is 5.43 Å². The third-order valence-corrected chi connectivity index (χ3v) is 2.46. The summed E-state index contributed by atoms with van der Waals surface area (Å²) in [4.78, 5) is 0. The molecule has 5 nitrogen and oxygen atoms in total. The lowest BCUT2D eigenvalue weighted by atomic mass is 10.1. The molecule has 6 heteroatoms. The fraction of sp³-hybridized carbons (Fsp3) is 0.222. The first-order valence-electron chi connectivity index (χ1n) is 4.36. The molecule has 6 N–H and O–H groups in total. The maximum absolute atomic E-state index is 9.23. The Morgan fingerprint density at radius 1 is 1.60 bits per heavy atom. The number of benzene rings is 1. The minimum absolute atomic E-state index is 0.0944. The Morgan fingerprint density at radius 2 is 2.27 bits per heavy atom. The fourth-order valence-corrected chi connectivity index (χ4v) is 1.40. The van der Waals surface area contributed by atoms with Gasteiger partial charge < -0.3 is 5.11 Å². The lowest BCUT2D eigenvalue weighted by Gasteiger charge is -2.22. The first-order valence-corrected chi connectivity index (χ1v) is 4.77. The average molecular weight is 226 g/mol. The summed E-state index contributed by atoms with van der Waals surface area (Å²) < 4.78 is 0. The molecule has 0 amide bonds. The molecule has 1 rings (SSSR count). The Hall–Kier alpha value is -1.21. The lowest BCUT2D eigenvalue weighted by Crippen LogP contribution is -2.47. The highest BCUT2D eigenvalue weighted by atomic mass is 32.1. The maximum atomic E-state index is 9.23. The van der Waals surface area contributed by atoms with Gasteiger partial charge in [-0.05, 0) is 30.8 Å². The Kier molecular flexibility index (Phi) is 3.98. The summed E-state index contributed by atoms with van der Waals surface area (Å²) in [6.07, 6.45) is 0. The average Bonchev–Trinajstić information content (AvgIpc) is 2.26. The van der Waals surface area contributed by atoms with Gasteiger partial charge >= 0.3 is 0 Å². The number of thiocarbonyl (C=S) groups is 1. The van der Waals surface area contributed by atoms with Crippen molar-refractivity contribution in [1.82, 2.24) is 5.43 Å². The van der Waals surface area contributed by atoms with Crippen molar-refractivity contribution in [3.05, 3.63) is 29.3 Å². The number of aliphatic hydroxyl groups excluding tert-OH is 1. The van der Waals surface area contributed by atoms with Crippen molar-refractivity contribution >= 4 is 23.0 Å². The Morgan fingerprint density at radius 3 is 2.80 bits per heavy atom. The van der Waals surface area contributed by atoms with E-state index in [1.807, 2.05) is 19.1 Å². The third-order valence-electron chi connectivity index (χ3n) is 2.15. The van der Waals surface area contributed by atoms with Crippen molar-refractivity contribution in [3.8, 4) is 0 Å². The highest BCUT2D eigenvalue weighted by Crippen LogP contribution is 2.21. The van der Waals surface area contributed by atoms with Crippen molar-refractivity contribution in [3.63, 3.8) is 0 Å². The van der Waals surface area contributed by atoms with Gasteiger partial charge in [0.05, 0.1) is 12.3 Å². The minimum Gasteiger partial charge on any atom is -0.392 e. The van der Waals surface area contributed by atoms with E-state index in [0.717, 1.165) is 11.1 Å². The summed E-state index contributed by atoms with van der Waals surface area (Å²) in [5.41, 5.74) is 4.61. The number of nitrogens with zero attached hydrogens (tertiary/aromatic N) is 1. The van der Waals surface area contributed by atoms with Crippen LogP contribution in [0.5, 0.6) is 0 Å². The number of nitrogens with two attached hydrogens (primary N) is 2. The monoisotopic (exact) mass is 226 g/mol. The number of hydrogen-bond acceptors (Lipinski definition) is 4. The fourth-order valence-electron chi connectivity index (χ4n) is 1.30. The summed E-state index contributed by atoms with van der Waals surface area (Å²) in [7, 11) is 0. The van der Waals surface area contributed by atoms with Crippen LogP contribution in [-0.2, 0) is 6.61 Å². The van der Waals surface area contributed by atoms with E-state index in [9.17, 15) is 5.11 Å². The van der Waals surface area contributed by atoms with Crippen LogP contribution < -0.4 is 22.1 Å². The van der Waals surface area contributed by atoms with Crippen LogP contribution in [0.2, 0.25) is 0 Å². The van der Waals surface area contributed by atoms with Gasteiger partial charge in [-0.2, -0.15) is 0 Å². The van der Waals surface area contributed by atoms with Gasteiger partial charge in [0.15, 0.2) is 0 Å². The molecule has 0 aliphatic carbocycles. The van der Waals surface area contributed by atoms with Crippen LogP contribution >= 0.6 is 12.2 Å². The Balaban J connectivity index is 3.13. The van der Waals surface area contributed by atoms with E-state index in [1.165, 1.54) is 5.01 Å². The largest absolute Gasteiger partial charge is 0.392 e. The normalized spacial score (nSPS) is 9.87. The molecule has 15 heavy (non-hydrogen) atoms. The zero-order valence-electron chi connectivity index (χ0n) is 8.40. The lowest BCUT2D eigenvalue weighted by molar-refractivity contribution is 0.281. The molecule has 0 saturated carbocycles. The first kappa shape index (κ1) is 11.9. The molecule has 0 heterocycles. The smallest absolute Gasteiger partial charge is 0.202 e. The summed E-state index contributed by atoms with van der Waals surface area (Å²) in [6, 6.07) is 5.49. The van der Waals surface area contributed by atoms with E-state index >= 15 is 0 Å². The van der Waals surface area contributed by atoms with Gasteiger partial charge in [-0.15, -0.1) is 0 Å². The van der Waals surface area contributed by atoms with Crippen molar-refractivity contribution in [2.24, 2.45) is 11.7 Å². The van der Waals surface area contributed by atoms with E-state index in [0.29, 0.717) is 5.69 Å². The van der Waals surface area contributed by atoms with Crippen LogP contribution in [0.4, 0.5) is 5.69 Å². The number of nitrogens with one attached hydrogen (secondary N) is 1. The third kappa shape index (κ3) is 2.42. The molecule has 0 aliphatic rings. The summed E-state index contributed by atoms with van der Waals surface area (Å²) >= 11 is 4.89. The molecule has 0 unspecified atom stereocenters. The SMILES string of the molecule is Cc1cccc(N(N)C(=S)NN)c1CO. The number of aliphatic hydroxyl groups is 1. The van der Waals surface area contributed by atoms with Crippen molar-refractivity contribution < 1.29 is 5.11 Å². The van der Waals surface area contributed by atoms with Gasteiger partial charge in [-0.1, -0.05) is 12.1 Å². The Labute approximate surface area is 93.6 Å².